The Morgan fingerprint density at radius 2 is 1.77 bits per heavy atom. The summed E-state index contributed by atoms with van der Waals surface area (Å²) in [5.74, 6) is 0.645. The number of nitrogens with zero attached hydrogens (tertiary/aromatic N) is 1. The Morgan fingerprint density at radius 3 is 2.38 bits per heavy atom. The molecule has 0 amide bonds. The van der Waals surface area contributed by atoms with E-state index in [2.05, 4.69) is 35.0 Å². The molecular weight excluding hydrogens is 394 g/mol. The van der Waals surface area contributed by atoms with E-state index in [1.54, 1.807) is 0 Å². The average molecular weight is 420 g/mol. The van der Waals surface area contributed by atoms with Crippen LogP contribution in [0.2, 0.25) is 0 Å². The van der Waals surface area contributed by atoms with Crippen LogP contribution in [-0.2, 0) is 9.53 Å². The van der Waals surface area contributed by atoms with E-state index >= 15 is 0 Å². The maximum absolute atomic E-state index is 11.6. The molecule has 0 aromatic heterocycles. The SMILES string of the molecule is CCOC(=O)CN(C)CCC(Oc1ccc(C)cc1)c1ccc(Br)cc1. The molecule has 2 aromatic carbocycles. The highest BCUT2D eigenvalue weighted by Crippen LogP contribution is 2.26. The fourth-order valence-corrected chi connectivity index (χ4v) is 2.86. The molecule has 26 heavy (non-hydrogen) atoms. The molecule has 2 rings (SSSR count). The highest BCUT2D eigenvalue weighted by Gasteiger charge is 2.16. The molecule has 0 saturated heterocycles. The fourth-order valence-electron chi connectivity index (χ4n) is 2.60. The van der Waals surface area contributed by atoms with Crippen LogP contribution < -0.4 is 4.74 Å². The predicted molar refractivity (Wildman–Crippen MR) is 107 cm³/mol. The van der Waals surface area contributed by atoms with Gasteiger partial charge in [0.1, 0.15) is 11.9 Å². The van der Waals surface area contributed by atoms with Crippen LogP contribution >= 0.6 is 15.9 Å². The Bertz CT molecular complexity index is 685. The summed E-state index contributed by atoms with van der Waals surface area (Å²) in [6, 6.07) is 16.2. The number of benzene rings is 2. The van der Waals surface area contributed by atoms with Gasteiger partial charge >= 0.3 is 5.97 Å². The van der Waals surface area contributed by atoms with Crippen LogP contribution in [-0.4, -0.2) is 37.6 Å². The molecule has 0 aliphatic rings. The first-order chi connectivity index (χ1) is 12.5. The lowest BCUT2D eigenvalue weighted by atomic mass is 10.1. The number of esters is 1. The Hall–Kier alpha value is -1.85. The van der Waals surface area contributed by atoms with Crippen molar-refractivity contribution in [2.45, 2.75) is 26.4 Å². The summed E-state index contributed by atoms with van der Waals surface area (Å²) in [6.07, 6.45) is 0.682. The molecular formula is C21H26BrNO3. The largest absolute Gasteiger partial charge is 0.486 e. The summed E-state index contributed by atoms with van der Waals surface area (Å²) in [4.78, 5) is 13.6. The first-order valence-corrected chi connectivity index (χ1v) is 9.60. The van der Waals surface area contributed by atoms with Crippen LogP contribution in [0.5, 0.6) is 5.75 Å². The molecule has 0 bridgehead atoms. The highest BCUT2D eigenvalue weighted by molar-refractivity contribution is 9.10. The third-order valence-electron chi connectivity index (χ3n) is 4.02. The Kier molecular flexibility index (Phi) is 8.13. The zero-order chi connectivity index (χ0) is 18.9. The zero-order valence-corrected chi connectivity index (χ0v) is 17.2. The van der Waals surface area contributed by atoms with Gasteiger partial charge in [0.05, 0.1) is 13.2 Å². The van der Waals surface area contributed by atoms with Crippen molar-refractivity contribution in [3.05, 3.63) is 64.1 Å². The number of carbonyl (C=O) groups is 1. The van der Waals surface area contributed by atoms with Gasteiger partial charge in [0.25, 0.3) is 0 Å². The van der Waals surface area contributed by atoms with Gasteiger partial charge in [-0.1, -0.05) is 45.8 Å². The van der Waals surface area contributed by atoms with Gasteiger partial charge in [0.15, 0.2) is 0 Å². The molecule has 1 atom stereocenters. The van der Waals surface area contributed by atoms with E-state index in [0.717, 1.165) is 28.8 Å². The van der Waals surface area contributed by atoms with E-state index in [1.165, 1.54) is 5.56 Å². The van der Waals surface area contributed by atoms with Crippen molar-refractivity contribution < 1.29 is 14.3 Å². The van der Waals surface area contributed by atoms with Gasteiger partial charge in [-0.15, -0.1) is 0 Å². The maximum Gasteiger partial charge on any atom is 0.320 e. The molecule has 140 valence electrons. The predicted octanol–water partition coefficient (Wildman–Crippen LogP) is 4.76. The number of hydrogen-bond acceptors (Lipinski definition) is 4. The Morgan fingerprint density at radius 1 is 1.12 bits per heavy atom. The van der Waals surface area contributed by atoms with E-state index in [9.17, 15) is 4.79 Å². The smallest absolute Gasteiger partial charge is 0.320 e. The number of halogens is 1. The second kappa shape index (κ2) is 10.3. The number of carbonyl (C=O) groups excluding carboxylic acids is 1. The van der Waals surface area contributed by atoms with Gasteiger partial charge in [0.2, 0.25) is 0 Å². The van der Waals surface area contributed by atoms with Crippen LogP contribution in [0, 0.1) is 6.92 Å². The minimum absolute atomic E-state index is 0.0875. The molecule has 4 nitrogen and oxygen atoms in total. The number of ether oxygens (including phenoxy) is 2. The van der Waals surface area contributed by atoms with Crippen molar-refractivity contribution in [1.82, 2.24) is 4.90 Å². The van der Waals surface area contributed by atoms with Gasteiger partial charge in [-0.05, 0) is 50.7 Å². The standard InChI is InChI=1S/C21H26BrNO3/c1-4-25-21(24)15-23(3)14-13-20(17-7-9-18(22)10-8-17)26-19-11-5-16(2)6-12-19/h5-12,20H,4,13-15H2,1-3H3. The molecule has 2 aromatic rings. The van der Waals surface area contributed by atoms with Gasteiger partial charge in [-0.2, -0.15) is 0 Å². The van der Waals surface area contributed by atoms with Crippen molar-refractivity contribution in [3.63, 3.8) is 0 Å². The van der Waals surface area contributed by atoms with Crippen molar-refractivity contribution in [3.8, 4) is 5.75 Å². The van der Waals surface area contributed by atoms with E-state index in [1.807, 2.05) is 55.3 Å². The van der Waals surface area contributed by atoms with Crippen LogP contribution in [0.15, 0.2) is 53.0 Å². The summed E-state index contributed by atoms with van der Waals surface area (Å²) in [6.45, 7) is 5.29. The van der Waals surface area contributed by atoms with Gasteiger partial charge in [0, 0.05) is 17.4 Å². The van der Waals surface area contributed by atoms with E-state index in [4.69, 9.17) is 9.47 Å². The second-order valence-corrected chi connectivity index (χ2v) is 7.22. The van der Waals surface area contributed by atoms with Crippen molar-refractivity contribution in [1.29, 1.82) is 0 Å². The fraction of sp³-hybridized carbons (Fsp3) is 0.381. The minimum Gasteiger partial charge on any atom is -0.486 e. The molecule has 0 aliphatic carbocycles. The van der Waals surface area contributed by atoms with E-state index in [-0.39, 0.29) is 18.6 Å². The number of aryl methyl sites for hydroxylation is 1. The van der Waals surface area contributed by atoms with Gasteiger partial charge < -0.3 is 9.47 Å². The van der Waals surface area contributed by atoms with Crippen LogP contribution in [0.1, 0.15) is 30.6 Å². The lowest BCUT2D eigenvalue weighted by molar-refractivity contribution is -0.144. The van der Waals surface area contributed by atoms with E-state index in [0.29, 0.717) is 6.61 Å². The number of hydrogen-bond donors (Lipinski definition) is 0. The molecule has 0 saturated carbocycles. The molecule has 5 heteroatoms. The molecule has 0 N–H and O–H groups in total. The minimum atomic E-state index is -0.199. The van der Waals surface area contributed by atoms with Crippen LogP contribution in [0.3, 0.4) is 0 Å². The summed E-state index contributed by atoms with van der Waals surface area (Å²) >= 11 is 3.47. The average Bonchev–Trinajstić information content (AvgIpc) is 2.61. The highest BCUT2D eigenvalue weighted by atomic mass is 79.9. The van der Waals surface area contributed by atoms with Crippen LogP contribution in [0.25, 0.3) is 0 Å². The summed E-state index contributed by atoms with van der Waals surface area (Å²) in [5, 5.41) is 0. The lowest BCUT2D eigenvalue weighted by Gasteiger charge is -2.23. The second-order valence-electron chi connectivity index (χ2n) is 6.30. The molecule has 1 unspecified atom stereocenters. The van der Waals surface area contributed by atoms with Gasteiger partial charge in [-0.3, -0.25) is 9.69 Å². The normalized spacial score (nSPS) is 12.0. The monoisotopic (exact) mass is 419 g/mol. The van der Waals surface area contributed by atoms with Crippen molar-refractivity contribution in [2.75, 3.05) is 26.7 Å². The summed E-state index contributed by atoms with van der Waals surface area (Å²) in [7, 11) is 1.92. The quantitative estimate of drug-likeness (QED) is 0.549. The van der Waals surface area contributed by atoms with Crippen LogP contribution in [0.4, 0.5) is 0 Å². The first kappa shape index (κ1) is 20.5. The molecule has 0 fully saturated rings. The topological polar surface area (TPSA) is 38.8 Å². The number of rotatable bonds is 9. The van der Waals surface area contributed by atoms with E-state index < -0.39 is 0 Å². The van der Waals surface area contributed by atoms with Crippen molar-refractivity contribution in [2.24, 2.45) is 0 Å². The molecule has 0 spiro atoms. The molecule has 0 radical (unpaired) electrons. The van der Waals surface area contributed by atoms with Crippen molar-refractivity contribution >= 4 is 21.9 Å². The summed E-state index contributed by atoms with van der Waals surface area (Å²) in [5.41, 5.74) is 2.31. The third kappa shape index (κ3) is 6.81. The Labute approximate surface area is 164 Å². The zero-order valence-electron chi connectivity index (χ0n) is 15.6. The Balaban J connectivity index is 2.04. The molecule has 0 heterocycles. The number of likely N-dealkylation sites (N-methyl/N-ethyl adjacent to an activating group) is 1. The summed E-state index contributed by atoms with van der Waals surface area (Å²) < 4.78 is 12.3. The van der Waals surface area contributed by atoms with Gasteiger partial charge in [-0.25, -0.2) is 0 Å². The maximum atomic E-state index is 11.6. The third-order valence-corrected chi connectivity index (χ3v) is 4.55. The first-order valence-electron chi connectivity index (χ1n) is 8.81. The lowest BCUT2D eigenvalue weighted by Crippen LogP contribution is -2.29. The molecule has 0 aliphatic heterocycles.